The van der Waals surface area contributed by atoms with Crippen LogP contribution < -0.4 is 5.32 Å². The molecule has 4 nitrogen and oxygen atoms in total. The van der Waals surface area contributed by atoms with Gasteiger partial charge in [-0.2, -0.15) is 5.10 Å². The predicted octanol–water partition coefficient (Wildman–Crippen LogP) is 1.81. The van der Waals surface area contributed by atoms with E-state index >= 15 is 0 Å². The molecule has 0 saturated heterocycles. The summed E-state index contributed by atoms with van der Waals surface area (Å²) in [5.74, 6) is 0. The van der Waals surface area contributed by atoms with Gasteiger partial charge in [0.25, 0.3) is 0 Å². The van der Waals surface area contributed by atoms with Crippen molar-refractivity contribution < 1.29 is 4.74 Å². The van der Waals surface area contributed by atoms with Crippen LogP contribution in [-0.4, -0.2) is 29.0 Å². The molecule has 92 valence electrons. The van der Waals surface area contributed by atoms with Crippen LogP contribution in [0.2, 0.25) is 0 Å². The lowest BCUT2D eigenvalue weighted by atomic mass is 10.4. The van der Waals surface area contributed by atoms with Crippen LogP contribution in [0.3, 0.4) is 0 Å². The Balaban J connectivity index is 2.22. The molecule has 0 bridgehead atoms. The van der Waals surface area contributed by atoms with Crippen LogP contribution >= 0.6 is 0 Å². The highest BCUT2D eigenvalue weighted by Gasteiger charge is 1.99. The van der Waals surface area contributed by atoms with Crippen LogP contribution in [0.1, 0.15) is 32.9 Å². The minimum absolute atomic E-state index is 0.293. The van der Waals surface area contributed by atoms with Gasteiger partial charge in [-0.3, -0.25) is 4.68 Å². The van der Waals surface area contributed by atoms with Crippen molar-refractivity contribution in [3.63, 3.8) is 0 Å². The summed E-state index contributed by atoms with van der Waals surface area (Å²) in [6, 6.07) is 2.05. The second-order valence-corrected chi connectivity index (χ2v) is 4.17. The Hall–Kier alpha value is -0.870. The Morgan fingerprint density at radius 1 is 1.50 bits per heavy atom. The van der Waals surface area contributed by atoms with Crippen molar-refractivity contribution in [1.82, 2.24) is 15.1 Å². The summed E-state index contributed by atoms with van der Waals surface area (Å²) in [5, 5.41) is 7.78. The van der Waals surface area contributed by atoms with Crippen molar-refractivity contribution in [2.45, 2.75) is 46.4 Å². The zero-order valence-electron chi connectivity index (χ0n) is 10.6. The quantitative estimate of drug-likeness (QED) is 0.686. The van der Waals surface area contributed by atoms with E-state index in [0.29, 0.717) is 6.10 Å². The molecule has 1 heterocycles. The van der Waals surface area contributed by atoms with Crippen LogP contribution in [0.15, 0.2) is 12.3 Å². The molecule has 0 aliphatic rings. The van der Waals surface area contributed by atoms with Gasteiger partial charge in [0, 0.05) is 12.7 Å². The largest absolute Gasteiger partial charge is 0.377 e. The zero-order chi connectivity index (χ0) is 11.8. The van der Waals surface area contributed by atoms with E-state index in [1.165, 1.54) is 0 Å². The van der Waals surface area contributed by atoms with E-state index in [1.54, 1.807) is 0 Å². The molecule has 1 aromatic rings. The molecule has 0 aromatic carbocycles. The van der Waals surface area contributed by atoms with Gasteiger partial charge in [0.2, 0.25) is 0 Å². The van der Waals surface area contributed by atoms with Gasteiger partial charge in [-0.05, 0) is 32.9 Å². The normalized spacial score (nSPS) is 11.2. The smallest absolute Gasteiger partial charge is 0.0762 e. The number of nitrogens with one attached hydrogen (secondary N) is 1. The number of hydrogen-bond acceptors (Lipinski definition) is 3. The lowest BCUT2D eigenvalue weighted by Gasteiger charge is -2.07. The van der Waals surface area contributed by atoms with Crippen molar-refractivity contribution >= 4 is 0 Å². The standard InChI is InChI=1S/C12H23N3O/c1-4-6-13-10-12-5-7-15(14-12)8-9-16-11(2)3/h5,7,11,13H,4,6,8-10H2,1-3H3. The van der Waals surface area contributed by atoms with E-state index < -0.39 is 0 Å². The molecular weight excluding hydrogens is 202 g/mol. The monoisotopic (exact) mass is 225 g/mol. The fraction of sp³-hybridized carbons (Fsp3) is 0.750. The summed E-state index contributed by atoms with van der Waals surface area (Å²) in [6.45, 7) is 9.70. The topological polar surface area (TPSA) is 39.1 Å². The third kappa shape index (κ3) is 5.28. The molecular formula is C12H23N3O. The van der Waals surface area contributed by atoms with E-state index in [1.807, 2.05) is 24.7 Å². The number of ether oxygens (including phenoxy) is 1. The van der Waals surface area contributed by atoms with Crippen LogP contribution in [0.5, 0.6) is 0 Å². The highest BCUT2D eigenvalue weighted by Crippen LogP contribution is 1.96. The molecule has 0 atom stereocenters. The van der Waals surface area contributed by atoms with Gasteiger partial charge in [0.1, 0.15) is 0 Å². The van der Waals surface area contributed by atoms with Crippen molar-refractivity contribution in [3.8, 4) is 0 Å². The molecule has 0 fully saturated rings. The number of nitrogens with zero attached hydrogens (tertiary/aromatic N) is 2. The summed E-state index contributed by atoms with van der Waals surface area (Å²) in [5.41, 5.74) is 1.10. The lowest BCUT2D eigenvalue weighted by Crippen LogP contribution is -2.15. The molecule has 0 spiro atoms. The van der Waals surface area contributed by atoms with Crippen LogP contribution in [0.4, 0.5) is 0 Å². The van der Waals surface area contributed by atoms with Gasteiger partial charge < -0.3 is 10.1 Å². The van der Waals surface area contributed by atoms with Gasteiger partial charge in [-0.1, -0.05) is 6.92 Å². The average Bonchev–Trinajstić information content (AvgIpc) is 2.66. The summed E-state index contributed by atoms with van der Waals surface area (Å²) in [7, 11) is 0. The van der Waals surface area contributed by atoms with Gasteiger partial charge in [-0.15, -0.1) is 0 Å². The fourth-order valence-electron chi connectivity index (χ4n) is 1.40. The molecule has 1 N–H and O–H groups in total. The molecule has 16 heavy (non-hydrogen) atoms. The first-order valence-corrected chi connectivity index (χ1v) is 6.07. The van der Waals surface area contributed by atoms with Gasteiger partial charge in [-0.25, -0.2) is 0 Å². The molecule has 0 saturated carbocycles. The molecule has 1 aromatic heterocycles. The van der Waals surface area contributed by atoms with Gasteiger partial charge >= 0.3 is 0 Å². The summed E-state index contributed by atoms with van der Waals surface area (Å²) in [4.78, 5) is 0. The molecule has 0 radical (unpaired) electrons. The number of aromatic nitrogens is 2. The van der Waals surface area contributed by atoms with Crippen molar-refractivity contribution in [3.05, 3.63) is 18.0 Å². The van der Waals surface area contributed by atoms with E-state index in [4.69, 9.17) is 4.74 Å². The molecule has 0 aliphatic heterocycles. The summed E-state index contributed by atoms with van der Waals surface area (Å²) in [6.07, 6.45) is 3.46. The maximum Gasteiger partial charge on any atom is 0.0762 e. The van der Waals surface area contributed by atoms with E-state index in [0.717, 1.165) is 38.4 Å². The maximum absolute atomic E-state index is 5.48. The third-order valence-corrected chi connectivity index (χ3v) is 2.20. The predicted molar refractivity (Wildman–Crippen MR) is 65.3 cm³/mol. The van der Waals surface area contributed by atoms with Gasteiger partial charge in [0.05, 0.1) is 24.9 Å². The summed E-state index contributed by atoms with van der Waals surface area (Å²) < 4.78 is 7.41. The highest BCUT2D eigenvalue weighted by molar-refractivity contribution is 4.98. The highest BCUT2D eigenvalue weighted by atomic mass is 16.5. The number of hydrogen-bond donors (Lipinski definition) is 1. The fourth-order valence-corrected chi connectivity index (χ4v) is 1.40. The van der Waals surface area contributed by atoms with Crippen LogP contribution in [0.25, 0.3) is 0 Å². The second kappa shape index (κ2) is 7.41. The molecule has 0 amide bonds. The number of rotatable bonds is 8. The van der Waals surface area contributed by atoms with Crippen molar-refractivity contribution in [2.24, 2.45) is 0 Å². The SMILES string of the molecule is CCCNCc1ccn(CCOC(C)C)n1. The maximum atomic E-state index is 5.48. The van der Waals surface area contributed by atoms with Gasteiger partial charge in [0.15, 0.2) is 0 Å². The van der Waals surface area contributed by atoms with Crippen LogP contribution in [-0.2, 0) is 17.8 Å². The Morgan fingerprint density at radius 3 is 3.00 bits per heavy atom. The Kier molecular flexibility index (Phi) is 6.11. The minimum Gasteiger partial charge on any atom is -0.377 e. The minimum atomic E-state index is 0.293. The molecule has 1 rings (SSSR count). The average molecular weight is 225 g/mol. The Morgan fingerprint density at radius 2 is 2.31 bits per heavy atom. The van der Waals surface area contributed by atoms with Crippen molar-refractivity contribution in [1.29, 1.82) is 0 Å². The molecule has 0 aliphatic carbocycles. The van der Waals surface area contributed by atoms with Crippen LogP contribution in [0, 0.1) is 0 Å². The first-order valence-electron chi connectivity index (χ1n) is 6.07. The van der Waals surface area contributed by atoms with E-state index in [-0.39, 0.29) is 0 Å². The van der Waals surface area contributed by atoms with E-state index in [9.17, 15) is 0 Å². The zero-order valence-corrected chi connectivity index (χ0v) is 10.6. The second-order valence-electron chi connectivity index (χ2n) is 4.17. The van der Waals surface area contributed by atoms with Crippen molar-refractivity contribution in [2.75, 3.05) is 13.2 Å². The Labute approximate surface area is 98.0 Å². The lowest BCUT2D eigenvalue weighted by molar-refractivity contribution is 0.0709. The Bertz CT molecular complexity index is 284. The third-order valence-electron chi connectivity index (χ3n) is 2.20. The molecule has 0 unspecified atom stereocenters. The summed E-state index contributed by atoms with van der Waals surface area (Å²) >= 11 is 0. The first-order chi connectivity index (χ1) is 7.72. The first kappa shape index (κ1) is 13.2. The van der Waals surface area contributed by atoms with E-state index in [2.05, 4.69) is 23.4 Å². The molecule has 4 heteroatoms.